The van der Waals surface area contributed by atoms with Crippen LogP contribution in [-0.2, 0) is 9.59 Å². The predicted octanol–water partition coefficient (Wildman–Crippen LogP) is 0.929. The summed E-state index contributed by atoms with van der Waals surface area (Å²) in [6.07, 6.45) is 9.85. The molecule has 80 valence electrons. The first-order valence-electron chi connectivity index (χ1n) is 4.39. The van der Waals surface area contributed by atoms with Gasteiger partial charge in [-0.05, 0) is 11.6 Å². The summed E-state index contributed by atoms with van der Waals surface area (Å²) in [5.41, 5.74) is 7.50. The number of allylic oxidation sites excluding steroid dienone is 7. The first-order chi connectivity index (χ1) is 7.63. The van der Waals surface area contributed by atoms with Crippen LogP contribution in [0.4, 0.5) is 0 Å². The Morgan fingerprint density at radius 2 is 2.12 bits per heavy atom. The van der Waals surface area contributed by atoms with Gasteiger partial charge in [0.05, 0.1) is 10.3 Å². The Hall–Kier alpha value is -2.52. The van der Waals surface area contributed by atoms with Crippen LogP contribution < -0.4 is 0 Å². The lowest BCUT2D eigenvalue weighted by atomic mass is 10.0. The van der Waals surface area contributed by atoms with Gasteiger partial charge in [0.1, 0.15) is 0 Å². The fourth-order valence-corrected chi connectivity index (χ4v) is 1.03. The quantitative estimate of drug-likeness (QED) is 0.242. The van der Waals surface area contributed by atoms with Gasteiger partial charge in [-0.15, -0.1) is 0 Å². The third kappa shape index (κ3) is 3.32. The standard InChI is InChI=1S/C11H8N2O3/c12-13-9-7-8(5-6-10(9)14)3-1-2-4-11(15)16/h1-7,12H/p+1/b3-1+,4-2+. The van der Waals surface area contributed by atoms with Gasteiger partial charge < -0.3 is 5.11 Å². The van der Waals surface area contributed by atoms with Gasteiger partial charge >= 0.3 is 11.7 Å². The minimum absolute atomic E-state index is 0.0596. The first-order valence-corrected chi connectivity index (χ1v) is 4.39. The zero-order valence-electron chi connectivity index (χ0n) is 8.25. The van der Waals surface area contributed by atoms with Crippen LogP contribution >= 0.6 is 0 Å². The minimum Gasteiger partial charge on any atom is -0.478 e. The molecule has 2 N–H and O–H groups in total. The summed E-state index contributed by atoms with van der Waals surface area (Å²) in [5.74, 6) is -1.34. The second-order valence-corrected chi connectivity index (χ2v) is 2.90. The third-order valence-electron chi connectivity index (χ3n) is 1.74. The lowest BCUT2D eigenvalue weighted by Crippen LogP contribution is -2.12. The van der Waals surface area contributed by atoms with Crippen LogP contribution in [0.3, 0.4) is 0 Å². The lowest BCUT2D eigenvalue weighted by molar-refractivity contribution is -0.132. The number of hydrogen-bond acceptors (Lipinski definition) is 3. The number of carbonyl (C=O) groups excluding carboxylic acids is 1. The molecule has 5 nitrogen and oxygen atoms in total. The molecule has 0 aliphatic heterocycles. The zero-order chi connectivity index (χ0) is 12.0. The molecule has 0 unspecified atom stereocenters. The molecule has 0 aromatic heterocycles. The van der Waals surface area contributed by atoms with E-state index >= 15 is 0 Å². The number of carboxylic acid groups (broad SMARTS) is 1. The van der Waals surface area contributed by atoms with Gasteiger partial charge in [-0.3, -0.25) is 4.79 Å². The molecular formula is C11H9N2O3+. The van der Waals surface area contributed by atoms with Crippen LogP contribution in [0.1, 0.15) is 0 Å². The predicted molar refractivity (Wildman–Crippen MR) is 56.1 cm³/mol. The van der Waals surface area contributed by atoms with Crippen LogP contribution in [0.15, 0.2) is 48.1 Å². The number of ketones is 1. The molecule has 0 bridgehead atoms. The van der Waals surface area contributed by atoms with Crippen LogP contribution in [0.25, 0.3) is 0 Å². The number of nitrogens with zero attached hydrogens (tertiary/aromatic N) is 1. The van der Waals surface area contributed by atoms with Gasteiger partial charge in [0.15, 0.2) is 0 Å². The summed E-state index contributed by atoms with van der Waals surface area (Å²) in [4.78, 5) is 24.3. The third-order valence-corrected chi connectivity index (χ3v) is 1.74. The molecule has 0 fully saturated rings. The van der Waals surface area contributed by atoms with Crippen LogP contribution in [-0.4, -0.2) is 27.4 Å². The van der Waals surface area contributed by atoms with E-state index in [0.29, 0.717) is 5.57 Å². The molecule has 0 atom stereocenters. The smallest absolute Gasteiger partial charge is 0.411 e. The summed E-state index contributed by atoms with van der Waals surface area (Å²) < 4.78 is 0. The highest BCUT2D eigenvalue weighted by Crippen LogP contribution is 2.06. The van der Waals surface area contributed by atoms with E-state index in [1.807, 2.05) is 0 Å². The van der Waals surface area contributed by atoms with Gasteiger partial charge in [-0.25, -0.2) is 4.79 Å². The zero-order valence-corrected chi connectivity index (χ0v) is 8.25. The maximum absolute atomic E-state index is 11.1. The Labute approximate surface area is 91.3 Å². The van der Waals surface area contributed by atoms with Crippen molar-refractivity contribution in [3.8, 4) is 0 Å². The summed E-state index contributed by atoms with van der Waals surface area (Å²) in [5, 5.41) is 8.33. The van der Waals surface area contributed by atoms with Crippen molar-refractivity contribution < 1.29 is 19.5 Å². The summed E-state index contributed by atoms with van der Waals surface area (Å²) in [7, 11) is 0. The van der Waals surface area contributed by atoms with Crippen molar-refractivity contribution in [3.63, 3.8) is 0 Å². The summed E-state index contributed by atoms with van der Waals surface area (Å²) in [6, 6.07) is 0. The molecule has 5 heteroatoms. The van der Waals surface area contributed by atoms with Gasteiger partial charge in [-0.2, -0.15) is 0 Å². The molecule has 0 radical (unpaired) electrons. The van der Waals surface area contributed by atoms with Crippen molar-refractivity contribution in [2.75, 3.05) is 0 Å². The molecule has 0 aromatic rings. The number of carboxylic acids is 1. The molecular weight excluding hydrogens is 208 g/mol. The van der Waals surface area contributed by atoms with Gasteiger partial charge in [-0.1, -0.05) is 24.3 Å². The van der Waals surface area contributed by atoms with E-state index in [1.165, 1.54) is 24.3 Å². The van der Waals surface area contributed by atoms with Crippen molar-refractivity contribution in [3.05, 3.63) is 48.1 Å². The van der Waals surface area contributed by atoms with Crippen molar-refractivity contribution >= 4 is 17.5 Å². The van der Waals surface area contributed by atoms with E-state index < -0.39 is 5.97 Å². The van der Waals surface area contributed by atoms with E-state index in [1.54, 1.807) is 12.2 Å². The Morgan fingerprint density at radius 3 is 2.75 bits per heavy atom. The maximum Gasteiger partial charge on any atom is 0.411 e. The van der Waals surface area contributed by atoms with Gasteiger partial charge in [0, 0.05) is 12.2 Å². The molecule has 1 aliphatic rings. The van der Waals surface area contributed by atoms with Crippen molar-refractivity contribution in [1.29, 1.82) is 5.53 Å². The highest BCUT2D eigenvalue weighted by molar-refractivity contribution is 6.46. The summed E-state index contributed by atoms with van der Waals surface area (Å²) in [6.45, 7) is 0. The molecule has 0 aromatic carbocycles. The number of nitrogens with one attached hydrogen (secondary N) is 1. The Kier molecular flexibility index (Phi) is 3.89. The molecule has 0 amide bonds. The van der Waals surface area contributed by atoms with Gasteiger partial charge in [0.25, 0.3) is 5.78 Å². The SMILES string of the molecule is N=[N+]=C1C=C(/C=C/C=C/C(=O)O)C=CC1=O. The highest BCUT2D eigenvalue weighted by atomic mass is 16.4. The molecule has 0 saturated heterocycles. The number of rotatable bonds is 3. The molecule has 0 heterocycles. The van der Waals surface area contributed by atoms with Crippen molar-refractivity contribution in [2.45, 2.75) is 0 Å². The van der Waals surface area contributed by atoms with Crippen LogP contribution in [0.2, 0.25) is 0 Å². The number of aliphatic carboxylic acids is 1. The van der Waals surface area contributed by atoms with E-state index in [4.69, 9.17) is 10.6 Å². The van der Waals surface area contributed by atoms with E-state index in [2.05, 4.69) is 4.79 Å². The summed E-state index contributed by atoms with van der Waals surface area (Å²) >= 11 is 0. The molecule has 0 saturated carbocycles. The normalized spacial score (nSPS) is 15.6. The van der Waals surface area contributed by atoms with E-state index in [-0.39, 0.29) is 11.5 Å². The van der Waals surface area contributed by atoms with Crippen LogP contribution in [0.5, 0.6) is 0 Å². The first kappa shape index (κ1) is 11.6. The second-order valence-electron chi connectivity index (χ2n) is 2.90. The molecule has 0 spiro atoms. The minimum atomic E-state index is -1.03. The number of hydrogen-bond donors (Lipinski definition) is 2. The molecule has 1 aliphatic carbocycles. The average Bonchev–Trinajstić information content (AvgIpc) is 2.26. The number of carbonyl (C=O) groups is 2. The Morgan fingerprint density at radius 1 is 1.38 bits per heavy atom. The second kappa shape index (κ2) is 5.38. The lowest BCUT2D eigenvalue weighted by Gasteiger charge is -1.94. The van der Waals surface area contributed by atoms with E-state index in [0.717, 1.165) is 6.08 Å². The maximum atomic E-state index is 11.1. The van der Waals surface area contributed by atoms with Crippen molar-refractivity contribution in [1.82, 2.24) is 0 Å². The van der Waals surface area contributed by atoms with E-state index in [9.17, 15) is 9.59 Å². The molecule has 16 heavy (non-hydrogen) atoms. The highest BCUT2D eigenvalue weighted by Gasteiger charge is 2.20. The Balaban J connectivity index is 2.77. The Bertz CT molecular complexity index is 489. The van der Waals surface area contributed by atoms with Crippen molar-refractivity contribution in [2.24, 2.45) is 0 Å². The van der Waals surface area contributed by atoms with Gasteiger partial charge in [0.2, 0.25) is 0 Å². The van der Waals surface area contributed by atoms with Crippen LogP contribution in [0, 0.1) is 5.53 Å². The molecule has 1 rings (SSSR count). The fraction of sp³-hybridized carbons (Fsp3) is 0. The average molecular weight is 217 g/mol. The fourth-order valence-electron chi connectivity index (χ4n) is 1.03. The monoisotopic (exact) mass is 217 g/mol. The largest absolute Gasteiger partial charge is 0.478 e. The topological polar surface area (TPSA) is 92.3 Å².